The van der Waals surface area contributed by atoms with Gasteiger partial charge in [0.15, 0.2) is 0 Å². The topological polar surface area (TPSA) is 62.5 Å². The van der Waals surface area contributed by atoms with Crippen LogP contribution in [-0.4, -0.2) is 19.3 Å². The largest absolute Gasteiger partial charge is 0.378 e. The highest BCUT2D eigenvalue weighted by Gasteiger charge is 2.23. The van der Waals surface area contributed by atoms with Gasteiger partial charge in [0, 0.05) is 41.7 Å². The third-order valence-electron chi connectivity index (χ3n) is 4.41. The van der Waals surface area contributed by atoms with Crippen LogP contribution in [0, 0.1) is 11.3 Å². The van der Waals surface area contributed by atoms with E-state index in [1.165, 1.54) is 0 Å². The van der Waals surface area contributed by atoms with Gasteiger partial charge in [0.25, 0.3) is 0 Å². The van der Waals surface area contributed by atoms with E-state index in [4.69, 9.17) is 0 Å². The van der Waals surface area contributed by atoms with Crippen molar-refractivity contribution < 1.29 is 5.21 Å². The smallest absolute Gasteiger partial charge is 0.0998 e. The number of nitrogens with one attached hydrogen (secondary N) is 1. The summed E-state index contributed by atoms with van der Waals surface area (Å²) in [6, 6.07) is 17.7. The van der Waals surface area contributed by atoms with E-state index in [0.29, 0.717) is 11.3 Å². The van der Waals surface area contributed by atoms with Crippen LogP contribution in [0.2, 0.25) is 0 Å². The minimum absolute atomic E-state index is 0.620. The van der Waals surface area contributed by atoms with Gasteiger partial charge in [-0.15, -0.1) is 0 Å². The van der Waals surface area contributed by atoms with Crippen molar-refractivity contribution in [1.82, 2.24) is 0 Å². The van der Waals surface area contributed by atoms with E-state index in [0.717, 1.165) is 38.4 Å². The molecule has 0 fully saturated rings. The Morgan fingerprint density at radius 1 is 1.04 bits per heavy atom. The van der Waals surface area contributed by atoms with Crippen LogP contribution in [0.5, 0.6) is 0 Å². The van der Waals surface area contributed by atoms with Crippen molar-refractivity contribution in [3.63, 3.8) is 0 Å². The van der Waals surface area contributed by atoms with Gasteiger partial charge < -0.3 is 4.90 Å². The molecule has 1 aliphatic rings. The van der Waals surface area contributed by atoms with Crippen LogP contribution in [0.15, 0.2) is 48.5 Å². The van der Waals surface area contributed by atoms with E-state index in [-0.39, 0.29) is 0 Å². The molecule has 0 unspecified atom stereocenters. The van der Waals surface area contributed by atoms with E-state index < -0.39 is 0 Å². The van der Waals surface area contributed by atoms with Crippen molar-refractivity contribution in [3.05, 3.63) is 54.1 Å². The van der Waals surface area contributed by atoms with Crippen LogP contribution < -0.4 is 15.5 Å². The molecular formula is C19H16N4O. The highest BCUT2D eigenvalue weighted by atomic mass is 16.5. The van der Waals surface area contributed by atoms with Crippen molar-refractivity contribution >= 4 is 27.8 Å². The van der Waals surface area contributed by atoms with Crippen LogP contribution in [0.1, 0.15) is 5.56 Å². The molecule has 3 aromatic carbocycles. The minimum atomic E-state index is 0.620. The van der Waals surface area contributed by atoms with Crippen LogP contribution >= 0.6 is 0 Å². The van der Waals surface area contributed by atoms with Crippen molar-refractivity contribution in [2.24, 2.45) is 0 Å². The summed E-state index contributed by atoms with van der Waals surface area (Å²) in [5, 5.41) is 22.5. The molecule has 4 rings (SSSR count). The van der Waals surface area contributed by atoms with E-state index >= 15 is 0 Å². The number of rotatable bonds is 1. The minimum Gasteiger partial charge on any atom is -0.378 e. The number of anilines is 3. The van der Waals surface area contributed by atoms with Crippen LogP contribution in [0.3, 0.4) is 0 Å². The molecule has 3 aromatic rings. The average Bonchev–Trinajstić information content (AvgIpc) is 2.60. The molecule has 0 saturated carbocycles. The molecule has 0 aromatic heterocycles. The molecule has 24 heavy (non-hydrogen) atoms. The third kappa shape index (κ3) is 1.98. The Morgan fingerprint density at radius 2 is 1.88 bits per heavy atom. The summed E-state index contributed by atoms with van der Waals surface area (Å²) in [5.41, 5.74) is 8.15. The fraction of sp³-hybridized carbons (Fsp3) is 0.105. The number of hydrogen-bond acceptors (Lipinski definition) is 5. The number of hydrogen-bond donors (Lipinski definition) is 2. The molecule has 0 aliphatic carbocycles. The SMILES string of the molecule is CN(C)c1ccc2c(c1)-c1ccc3c(C#N)cccc3c1NN2O. The Morgan fingerprint density at radius 3 is 2.62 bits per heavy atom. The van der Waals surface area contributed by atoms with E-state index in [1.54, 1.807) is 6.07 Å². The monoisotopic (exact) mass is 316 g/mol. The number of nitrogens with zero attached hydrogens (tertiary/aromatic N) is 3. The van der Waals surface area contributed by atoms with Crippen molar-refractivity contribution in [3.8, 4) is 17.2 Å². The van der Waals surface area contributed by atoms with E-state index in [2.05, 4.69) is 17.6 Å². The summed E-state index contributed by atoms with van der Waals surface area (Å²) in [6.45, 7) is 0. The second-order valence-electron chi connectivity index (χ2n) is 6.02. The summed E-state index contributed by atoms with van der Waals surface area (Å²) in [6.07, 6.45) is 0. The second kappa shape index (κ2) is 5.15. The zero-order valence-corrected chi connectivity index (χ0v) is 13.4. The highest BCUT2D eigenvalue weighted by molar-refractivity contribution is 6.07. The van der Waals surface area contributed by atoms with Crippen molar-refractivity contribution in [2.75, 3.05) is 29.6 Å². The summed E-state index contributed by atoms with van der Waals surface area (Å²) in [7, 11) is 3.97. The van der Waals surface area contributed by atoms with Gasteiger partial charge in [-0.25, -0.2) is 0 Å². The lowest BCUT2D eigenvalue weighted by molar-refractivity contribution is 0.277. The predicted molar refractivity (Wildman–Crippen MR) is 96.3 cm³/mol. The standard InChI is InChI=1S/C19H16N4O/c1-22(2)13-6-9-18-17(10-13)16-8-7-14-12(11-20)4-3-5-15(14)19(16)21-23(18)24/h3-10,21,24H,1-2H3. The molecule has 0 bridgehead atoms. The lowest BCUT2D eigenvalue weighted by Gasteiger charge is -2.30. The number of nitriles is 1. The summed E-state index contributed by atoms with van der Waals surface area (Å²) < 4.78 is 0. The summed E-state index contributed by atoms with van der Waals surface area (Å²) in [5.74, 6) is 0. The van der Waals surface area contributed by atoms with Gasteiger partial charge in [-0.3, -0.25) is 10.6 Å². The molecule has 118 valence electrons. The van der Waals surface area contributed by atoms with Gasteiger partial charge in [0.05, 0.1) is 23.0 Å². The Balaban J connectivity index is 2.04. The average molecular weight is 316 g/mol. The first kappa shape index (κ1) is 14.4. The van der Waals surface area contributed by atoms with Gasteiger partial charge in [-0.2, -0.15) is 10.4 Å². The number of fused-ring (bicyclic) bond motifs is 5. The second-order valence-corrected chi connectivity index (χ2v) is 6.02. The van der Waals surface area contributed by atoms with Crippen LogP contribution in [-0.2, 0) is 0 Å². The van der Waals surface area contributed by atoms with Gasteiger partial charge in [0.2, 0.25) is 0 Å². The first-order valence-electron chi connectivity index (χ1n) is 7.63. The number of benzene rings is 3. The molecule has 2 N–H and O–H groups in total. The van der Waals surface area contributed by atoms with E-state index in [9.17, 15) is 10.5 Å². The molecule has 0 saturated heterocycles. The van der Waals surface area contributed by atoms with Crippen LogP contribution in [0.4, 0.5) is 17.1 Å². The Hall–Kier alpha value is -3.23. The lowest BCUT2D eigenvalue weighted by Crippen LogP contribution is -2.29. The van der Waals surface area contributed by atoms with Gasteiger partial charge in [-0.1, -0.05) is 24.3 Å². The zero-order valence-electron chi connectivity index (χ0n) is 13.4. The molecule has 0 atom stereocenters. The van der Waals surface area contributed by atoms with Crippen molar-refractivity contribution in [2.45, 2.75) is 0 Å². The highest BCUT2D eigenvalue weighted by Crippen LogP contribution is 2.44. The van der Waals surface area contributed by atoms with Crippen molar-refractivity contribution in [1.29, 1.82) is 5.26 Å². The molecule has 1 heterocycles. The summed E-state index contributed by atoms with van der Waals surface area (Å²) in [4.78, 5) is 2.03. The maximum absolute atomic E-state index is 10.4. The molecular weight excluding hydrogens is 300 g/mol. The Labute approximate surface area is 139 Å². The molecule has 5 nitrogen and oxygen atoms in total. The fourth-order valence-electron chi connectivity index (χ4n) is 3.17. The first-order chi connectivity index (χ1) is 11.6. The molecule has 1 aliphatic heterocycles. The maximum Gasteiger partial charge on any atom is 0.0998 e. The van der Waals surface area contributed by atoms with Crippen LogP contribution in [0.25, 0.3) is 21.9 Å². The fourth-order valence-corrected chi connectivity index (χ4v) is 3.17. The van der Waals surface area contributed by atoms with Gasteiger partial charge in [0.1, 0.15) is 0 Å². The summed E-state index contributed by atoms with van der Waals surface area (Å²) >= 11 is 0. The molecule has 0 spiro atoms. The maximum atomic E-state index is 10.4. The predicted octanol–water partition coefficient (Wildman–Crippen LogP) is 3.98. The Bertz CT molecular complexity index is 1000. The Kier molecular flexibility index (Phi) is 3.08. The third-order valence-corrected chi connectivity index (χ3v) is 4.41. The normalized spacial score (nSPS) is 12.2. The van der Waals surface area contributed by atoms with Gasteiger partial charge >= 0.3 is 0 Å². The molecule has 0 amide bonds. The first-order valence-corrected chi connectivity index (χ1v) is 7.63. The quantitative estimate of drug-likeness (QED) is 0.711. The van der Waals surface area contributed by atoms with Gasteiger partial charge in [-0.05, 0) is 24.3 Å². The van der Waals surface area contributed by atoms with E-state index in [1.807, 2.05) is 55.4 Å². The molecule has 0 radical (unpaired) electrons. The zero-order chi connectivity index (χ0) is 16.8. The number of hydrazine groups is 1. The molecule has 5 heteroatoms. The lowest BCUT2D eigenvalue weighted by atomic mass is 9.94.